The summed E-state index contributed by atoms with van der Waals surface area (Å²) < 4.78 is 22.3. The standard InChI is InChI=1S/C33H42ClN7O7/c1-18(35-5)30(42)40-28(33(2,3)4)32(44)41-11-7-8-23(41)31(43)38-22-14-19-21(15-25(22)46-13-12-45-6)36-16-37-29(19)39-26-20(34)9-10-24-27(26)48-17-47-24/h9-10,14-16,18,23,28,35H,7-8,11-13,17H2,1-6H3,(H,38,43)(H,40,42)(H,36,37,39). The van der Waals surface area contributed by atoms with Crippen LogP contribution in [0.15, 0.2) is 30.6 Å². The number of aromatic nitrogens is 2. The topological polar surface area (TPSA) is 165 Å². The molecule has 3 atom stereocenters. The fraction of sp³-hybridized carbons (Fsp3) is 0.485. The van der Waals surface area contributed by atoms with Crippen molar-refractivity contribution in [1.82, 2.24) is 25.5 Å². The monoisotopic (exact) mass is 683 g/mol. The first-order valence-electron chi connectivity index (χ1n) is 15.8. The van der Waals surface area contributed by atoms with Crippen LogP contribution in [-0.4, -0.2) is 91.4 Å². The summed E-state index contributed by atoms with van der Waals surface area (Å²) >= 11 is 6.53. The van der Waals surface area contributed by atoms with Crippen LogP contribution in [-0.2, 0) is 19.1 Å². The summed E-state index contributed by atoms with van der Waals surface area (Å²) in [5.74, 6) is 0.769. The lowest BCUT2D eigenvalue weighted by molar-refractivity contribution is -0.143. The number of fused-ring (bicyclic) bond motifs is 2. The van der Waals surface area contributed by atoms with Gasteiger partial charge in [0, 0.05) is 25.1 Å². The van der Waals surface area contributed by atoms with Crippen molar-refractivity contribution in [2.45, 2.75) is 58.7 Å². The number of likely N-dealkylation sites (N-methyl/N-ethyl adjacent to an activating group) is 1. The molecule has 0 spiro atoms. The van der Waals surface area contributed by atoms with E-state index in [0.29, 0.717) is 76.4 Å². The van der Waals surface area contributed by atoms with E-state index in [0.717, 1.165) is 0 Å². The quantitative estimate of drug-likeness (QED) is 0.205. The van der Waals surface area contributed by atoms with Crippen LogP contribution in [0.25, 0.3) is 10.9 Å². The Morgan fingerprint density at radius 2 is 1.94 bits per heavy atom. The van der Waals surface area contributed by atoms with Gasteiger partial charge in [-0.1, -0.05) is 32.4 Å². The number of methoxy groups -OCH3 is 1. The molecule has 4 N–H and O–H groups in total. The first-order chi connectivity index (χ1) is 22.9. The van der Waals surface area contributed by atoms with Crippen molar-refractivity contribution in [2.75, 3.05) is 51.3 Å². The molecule has 3 heterocycles. The molecule has 5 rings (SSSR count). The molecule has 48 heavy (non-hydrogen) atoms. The molecule has 1 fully saturated rings. The number of ether oxygens (including phenoxy) is 4. The number of nitrogens with zero attached hydrogens (tertiary/aromatic N) is 3. The summed E-state index contributed by atoms with van der Waals surface area (Å²) in [6.07, 6.45) is 2.49. The van der Waals surface area contributed by atoms with E-state index in [1.165, 1.54) is 6.33 Å². The second-order valence-corrected chi connectivity index (χ2v) is 13.1. The molecular weight excluding hydrogens is 642 g/mol. The molecule has 1 aromatic heterocycles. The first kappa shape index (κ1) is 34.9. The summed E-state index contributed by atoms with van der Waals surface area (Å²) in [6.45, 7) is 8.34. The highest BCUT2D eigenvalue weighted by molar-refractivity contribution is 6.34. The maximum atomic E-state index is 14.0. The average molecular weight is 684 g/mol. The van der Waals surface area contributed by atoms with Crippen molar-refractivity contribution in [3.63, 3.8) is 0 Å². The smallest absolute Gasteiger partial charge is 0.247 e. The van der Waals surface area contributed by atoms with Gasteiger partial charge in [-0.15, -0.1) is 0 Å². The fourth-order valence-corrected chi connectivity index (χ4v) is 5.75. The molecule has 258 valence electrons. The number of halogens is 1. The van der Waals surface area contributed by atoms with Crippen LogP contribution in [0.1, 0.15) is 40.5 Å². The average Bonchev–Trinajstić information content (AvgIpc) is 3.75. The Morgan fingerprint density at radius 3 is 2.67 bits per heavy atom. The first-order valence-corrected chi connectivity index (χ1v) is 16.1. The maximum Gasteiger partial charge on any atom is 0.247 e. The number of amides is 3. The minimum atomic E-state index is -0.839. The van der Waals surface area contributed by atoms with E-state index in [-0.39, 0.29) is 31.1 Å². The molecule has 3 aromatic rings. The van der Waals surface area contributed by atoms with Gasteiger partial charge in [-0.2, -0.15) is 0 Å². The van der Waals surface area contributed by atoms with E-state index < -0.39 is 23.5 Å². The maximum absolute atomic E-state index is 14.0. The summed E-state index contributed by atoms with van der Waals surface area (Å²) in [7, 11) is 3.24. The van der Waals surface area contributed by atoms with Crippen LogP contribution in [0.5, 0.6) is 17.2 Å². The molecule has 0 bridgehead atoms. The highest BCUT2D eigenvalue weighted by Crippen LogP contribution is 2.45. The zero-order chi connectivity index (χ0) is 34.6. The second kappa shape index (κ2) is 14.8. The normalized spacial score (nSPS) is 16.8. The van der Waals surface area contributed by atoms with Crippen LogP contribution >= 0.6 is 11.6 Å². The van der Waals surface area contributed by atoms with Gasteiger partial charge >= 0.3 is 0 Å². The highest BCUT2D eigenvalue weighted by Gasteiger charge is 2.42. The number of anilines is 3. The second-order valence-electron chi connectivity index (χ2n) is 12.7. The van der Waals surface area contributed by atoms with Gasteiger partial charge in [0.15, 0.2) is 11.5 Å². The van der Waals surface area contributed by atoms with E-state index in [2.05, 4.69) is 31.2 Å². The predicted octanol–water partition coefficient (Wildman–Crippen LogP) is 3.85. The highest BCUT2D eigenvalue weighted by atomic mass is 35.5. The number of carbonyl (C=O) groups excluding carboxylic acids is 3. The zero-order valence-corrected chi connectivity index (χ0v) is 28.7. The van der Waals surface area contributed by atoms with Gasteiger partial charge in [0.1, 0.15) is 42.3 Å². The number of rotatable bonds is 12. The van der Waals surface area contributed by atoms with E-state index in [4.69, 9.17) is 30.5 Å². The Labute approximate surface area is 284 Å². The molecule has 3 amide bonds. The number of hydrogen-bond donors (Lipinski definition) is 4. The van der Waals surface area contributed by atoms with Gasteiger partial charge in [-0.05, 0) is 50.4 Å². The summed E-state index contributed by atoms with van der Waals surface area (Å²) in [4.78, 5) is 51.2. The largest absolute Gasteiger partial charge is 0.489 e. The summed E-state index contributed by atoms with van der Waals surface area (Å²) in [6, 6.07) is 4.74. The lowest BCUT2D eigenvalue weighted by Crippen LogP contribution is -2.59. The number of carbonyl (C=O) groups is 3. The Balaban J connectivity index is 1.45. The summed E-state index contributed by atoms with van der Waals surface area (Å²) in [5.41, 5.74) is 0.763. The number of likely N-dealkylation sites (tertiary alicyclic amines) is 1. The fourth-order valence-electron chi connectivity index (χ4n) is 5.55. The molecular formula is C33H42ClN7O7. The number of hydrogen-bond acceptors (Lipinski definition) is 11. The van der Waals surface area contributed by atoms with Gasteiger partial charge in [-0.25, -0.2) is 9.97 Å². The van der Waals surface area contributed by atoms with Gasteiger partial charge in [0.2, 0.25) is 24.5 Å². The third kappa shape index (κ3) is 7.50. The van der Waals surface area contributed by atoms with Gasteiger partial charge in [-0.3, -0.25) is 14.4 Å². The van der Waals surface area contributed by atoms with Crippen LogP contribution < -0.4 is 35.5 Å². The van der Waals surface area contributed by atoms with Crippen LogP contribution in [0.2, 0.25) is 5.02 Å². The van der Waals surface area contributed by atoms with Gasteiger partial charge in [0.25, 0.3) is 0 Å². The Kier molecular flexibility index (Phi) is 10.8. The number of nitrogens with one attached hydrogen (secondary N) is 4. The van der Waals surface area contributed by atoms with E-state index >= 15 is 0 Å². The molecule has 0 aliphatic carbocycles. The Morgan fingerprint density at radius 1 is 1.15 bits per heavy atom. The molecule has 15 heteroatoms. The van der Waals surface area contributed by atoms with E-state index in [9.17, 15) is 14.4 Å². The van der Waals surface area contributed by atoms with Crippen molar-refractivity contribution in [1.29, 1.82) is 0 Å². The minimum Gasteiger partial charge on any atom is -0.489 e. The SMILES string of the molecule is CNC(C)C(=O)NC(C(=O)N1CCCC1C(=O)Nc1cc2c(Nc3c(Cl)ccc4c3OCO4)ncnc2cc1OCCOC)C(C)(C)C. The Bertz CT molecular complexity index is 1680. The molecule has 14 nitrogen and oxygen atoms in total. The van der Waals surface area contributed by atoms with Crippen molar-refractivity contribution < 1.29 is 33.3 Å². The predicted molar refractivity (Wildman–Crippen MR) is 181 cm³/mol. The number of benzene rings is 2. The van der Waals surface area contributed by atoms with Crippen LogP contribution in [0, 0.1) is 5.41 Å². The van der Waals surface area contributed by atoms with E-state index in [1.807, 2.05) is 20.8 Å². The van der Waals surface area contributed by atoms with Gasteiger partial charge in [0.05, 0.1) is 28.9 Å². The van der Waals surface area contributed by atoms with Crippen LogP contribution in [0.4, 0.5) is 17.2 Å². The van der Waals surface area contributed by atoms with Crippen molar-refractivity contribution in [3.8, 4) is 17.2 Å². The molecule has 0 saturated carbocycles. The lowest BCUT2D eigenvalue weighted by Gasteiger charge is -2.36. The lowest BCUT2D eigenvalue weighted by atomic mass is 9.85. The molecule has 2 aliphatic rings. The van der Waals surface area contributed by atoms with Crippen molar-refractivity contribution in [3.05, 3.63) is 35.6 Å². The molecule has 1 saturated heterocycles. The summed E-state index contributed by atoms with van der Waals surface area (Å²) in [5, 5.41) is 13.0. The van der Waals surface area contributed by atoms with Crippen LogP contribution in [0.3, 0.4) is 0 Å². The third-order valence-electron chi connectivity index (χ3n) is 8.34. The molecule has 2 aromatic carbocycles. The molecule has 0 radical (unpaired) electrons. The van der Waals surface area contributed by atoms with Crippen molar-refractivity contribution in [2.24, 2.45) is 5.41 Å². The zero-order valence-electron chi connectivity index (χ0n) is 27.9. The minimum absolute atomic E-state index is 0.0614. The molecule has 2 aliphatic heterocycles. The van der Waals surface area contributed by atoms with Gasteiger partial charge < -0.3 is 45.1 Å². The van der Waals surface area contributed by atoms with Crippen molar-refractivity contribution >= 4 is 57.4 Å². The van der Waals surface area contributed by atoms with E-state index in [1.54, 1.807) is 50.2 Å². The Hall–Kier alpha value is -4.40. The molecule has 3 unspecified atom stereocenters. The third-order valence-corrected chi connectivity index (χ3v) is 8.65.